The first-order chi connectivity index (χ1) is 9.72. The number of aromatic nitrogens is 2. The molecule has 2 aliphatic rings. The van der Waals surface area contributed by atoms with Crippen molar-refractivity contribution in [2.75, 3.05) is 11.4 Å². The molecule has 5 nitrogen and oxygen atoms in total. The van der Waals surface area contributed by atoms with Crippen LogP contribution in [0.25, 0.3) is 10.2 Å². The molecule has 1 N–H and O–H groups in total. The molecular weight excluding hydrogens is 272 g/mol. The van der Waals surface area contributed by atoms with Crippen molar-refractivity contribution in [3.8, 4) is 0 Å². The Morgan fingerprint density at radius 1 is 1.35 bits per heavy atom. The summed E-state index contributed by atoms with van der Waals surface area (Å²) in [6.45, 7) is 2.66. The van der Waals surface area contributed by atoms with E-state index in [4.69, 9.17) is 0 Å². The SMILES string of the molecule is Cc1nc(N2[C@@H]3CC[C@H]2CC(=O)NC3)c2ccsc2n1. The molecule has 2 atom stereocenters. The largest absolute Gasteiger partial charge is 0.354 e. The highest BCUT2D eigenvalue weighted by Gasteiger charge is 2.39. The monoisotopic (exact) mass is 288 g/mol. The van der Waals surface area contributed by atoms with Gasteiger partial charge in [0, 0.05) is 25.0 Å². The van der Waals surface area contributed by atoms with E-state index < -0.39 is 0 Å². The third kappa shape index (κ3) is 1.78. The van der Waals surface area contributed by atoms with E-state index in [1.165, 1.54) is 0 Å². The molecule has 20 heavy (non-hydrogen) atoms. The Morgan fingerprint density at radius 2 is 2.20 bits per heavy atom. The zero-order chi connectivity index (χ0) is 13.7. The average Bonchev–Trinajstić information content (AvgIpc) is 2.97. The van der Waals surface area contributed by atoms with Gasteiger partial charge in [0.25, 0.3) is 0 Å². The van der Waals surface area contributed by atoms with Gasteiger partial charge in [0.15, 0.2) is 0 Å². The Kier molecular flexibility index (Phi) is 2.66. The molecule has 1 amide bonds. The number of aryl methyl sites for hydroxylation is 1. The van der Waals surface area contributed by atoms with Gasteiger partial charge in [0.05, 0.1) is 5.39 Å². The van der Waals surface area contributed by atoms with Crippen molar-refractivity contribution >= 4 is 33.3 Å². The maximum atomic E-state index is 11.8. The highest BCUT2D eigenvalue weighted by atomic mass is 32.1. The molecule has 2 bridgehead atoms. The van der Waals surface area contributed by atoms with Gasteiger partial charge in [-0.1, -0.05) is 0 Å². The first kappa shape index (κ1) is 12.1. The van der Waals surface area contributed by atoms with Gasteiger partial charge in [-0.05, 0) is 31.2 Å². The molecule has 4 rings (SSSR count). The fourth-order valence-electron chi connectivity index (χ4n) is 3.37. The lowest BCUT2D eigenvalue weighted by Gasteiger charge is -2.29. The molecule has 2 aromatic rings. The van der Waals surface area contributed by atoms with Crippen LogP contribution in [0.2, 0.25) is 0 Å². The van der Waals surface area contributed by atoms with E-state index in [0.717, 1.165) is 41.2 Å². The van der Waals surface area contributed by atoms with Crippen LogP contribution in [0.4, 0.5) is 5.82 Å². The summed E-state index contributed by atoms with van der Waals surface area (Å²) in [7, 11) is 0. The van der Waals surface area contributed by atoms with Crippen LogP contribution in [0.1, 0.15) is 25.1 Å². The molecule has 4 heterocycles. The number of hydrogen-bond donors (Lipinski definition) is 1. The number of nitrogens with one attached hydrogen (secondary N) is 1. The molecule has 6 heteroatoms. The molecule has 0 unspecified atom stereocenters. The Hall–Kier alpha value is -1.69. The van der Waals surface area contributed by atoms with Crippen LogP contribution in [0, 0.1) is 6.92 Å². The van der Waals surface area contributed by atoms with Crippen molar-refractivity contribution in [1.29, 1.82) is 0 Å². The van der Waals surface area contributed by atoms with Crippen molar-refractivity contribution in [3.63, 3.8) is 0 Å². The topological polar surface area (TPSA) is 58.1 Å². The number of nitrogens with zero attached hydrogens (tertiary/aromatic N) is 3. The van der Waals surface area contributed by atoms with Crippen molar-refractivity contribution in [2.24, 2.45) is 0 Å². The van der Waals surface area contributed by atoms with E-state index >= 15 is 0 Å². The summed E-state index contributed by atoms with van der Waals surface area (Å²) in [5.74, 6) is 1.98. The Balaban J connectivity index is 1.86. The summed E-state index contributed by atoms with van der Waals surface area (Å²) >= 11 is 1.65. The molecule has 0 aromatic carbocycles. The number of fused-ring (bicyclic) bond motifs is 3. The predicted octanol–water partition coefficient (Wildman–Crippen LogP) is 1.86. The third-order valence-corrected chi connectivity index (χ3v) is 5.04. The van der Waals surface area contributed by atoms with Crippen LogP contribution < -0.4 is 10.2 Å². The molecule has 104 valence electrons. The highest BCUT2D eigenvalue weighted by molar-refractivity contribution is 7.16. The molecule has 2 aliphatic heterocycles. The third-order valence-electron chi connectivity index (χ3n) is 4.24. The quantitative estimate of drug-likeness (QED) is 0.870. The van der Waals surface area contributed by atoms with Crippen molar-refractivity contribution in [2.45, 2.75) is 38.3 Å². The zero-order valence-corrected chi connectivity index (χ0v) is 12.1. The van der Waals surface area contributed by atoms with Gasteiger partial charge >= 0.3 is 0 Å². The van der Waals surface area contributed by atoms with Crippen LogP contribution in [0.5, 0.6) is 0 Å². The highest BCUT2D eigenvalue weighted by Crippen LogP contribution is 2.37. The van der Waals surface area contributed by atoms with Crippen LogP contribution in [0.15, 0.2) is 11.4 Å². The number of anilines is 1. The standard InChI is InChI=1S/C14H16N4OS/c1-8-16-13(11-4-5-20-14(11)17-8)18-9-2-3-10(18)7-15-12(19)6-9/h4-5,9-10H,2-3,6-7H2,1H3,(H,15,19)/t9-,10+/m0/s1. The van der Waals surface area contributed by atoms with Crippen LogP contribution in [0.3, 0.4) is 0 Å². The lowest BCUT2D eigenvalue weighted by atomic mass is 10.1. The number of hydrogen-bond acceptors (Lipinski definition) is 5. The lowest BCUT2D eigenvalue weighted by molar-refractivity contribution is -0.121. The molecule has 2 fully saturated rings. The number of carbonyl (C=O) groups is 1. The van der Waals surface area contributed by atoms with E-state index in [2.05, 4.69) is 31.6 Å². The average molecular weight is 288 g/mol. The van der Waals surface area contributed by atoms with Gasteiger partial charge in [0.1, 0.15) is 16.5 Å². The minimum absolute atomic E-state index is 0.162. The van der Waals surface area contributed by atoms with Crippen molar-refractivity contribution in [3.05, 3.63) is 17.3 Å². The van der Waals surface area contributed by atoms with E-state index in [9.17, 15) is 4.79 Å². The summed E-state index contributed by atoms with van der Waals surface area (Å²) < 4.78 is 0. The summed E-state index contributed by atoms with van der Waals surface area (Å²) in [6.07, 6.45) is 2.78. The Bertz CT molecular complexity index is 683. The molecule has 2 aromatic heterocycles. The first-order valence-electron chi connectivity index (χ1n) is 6.99. The second kappa shape index (κ2) is 4.41. The van der Waals surface area contributed by atoms with Crippen molar-refractivity contribution < 1.29 is 4.79 Å². The predicted molar refractivity (Wildman–Crippen MR) is 79.1 cm³/mol. The fraction of sp³-hybridized carbons (Fsp3) is 0.500. The normalized spacial score (nSPS) is 25.9. The molecule has 2 saturated heterocycles. The summed E-state index contributed by atoms with van der Waals surface area (Å²) in [5, 5.41) is 6.19. The first-order valence-corrected chi connectivity index (χ1v) is 7.87. The number of rotatable bonds is 1. The molecule has 0 saturated carbocycles. The summed E-state index contributed by atoms with van der Waals surface area (Å²) in [6, 6.07) is 2.73. The van der Waals surface area contributed by atoms with E-state index in [1.807, 2.05) is 6.92 Å². The van der Waals surface area contributed by atoms with Gasteiger partial charge in [-0.3, -0.25) is 4.79 Å². The second-order valence-electron chi connectivity index (χ2n) is 5.53. The maximum Gasteiger partial charge on any atom is 0.222 e. The maximum absolute atomic E-state index is 11.8. The Morgan fingerprint density at radius 3 is 3.10 bits per heavy atom. The van der Waals surface area contributed by atoms with E-state index in [0.29, 0.717) is 12.5 Å². The molecular formula is C14H16N4OS. The molecule has 0 aliphatic carbocycles. The van der Waals surface area contributed by atoms with Crippen LogP contribution >= 0.6 is 11.3 Å². The summed E-state index contributed by atoms with van der Waals surface area (Å²) in [5.41, 5.74) is 0. The smallest absolute Gasteiger partial charge is 0.222 e. The van der Waals surface area contributed by atoms with Gasteiger partial charge in [-0.15, -0.1) is 11.3 Å². The minimum Gasteiger partial charge on any atom is -0.354 e. The van der Waals surface area contributed by atoms with Crippen LogP contribution in [-0.2, 0) is 4.79 Å². The minimum atomic E-state index is 0.162. The lowest BCUT2D eigenvalue weighted by Crippen LogP contribution is -2.38. The van der Waals surface area contributed by atoms with Crippen LogP contribution in [-0.4, -0.2) is 34.5 Å². The summed E-state index contributed by atoms with van der Waals surface area (Å²) in [4.78, 5) is 24.3. The Labute approximate surface area is 121 Å². The number of amides is 1. The van der Waals surface area contributed by atoms with Gasteiger partial charge in [-0.25, -0.2) is 9.97 Å². The van der Waals surface area contributed by atoms with E-state index in [1.54, 1.807) is 11.3 Å². The van der Waals surface area contributed by atoms with E-state index in [-0.39, 0.29) is 11.9 Å². The number of thiophene rings is 1. The van der Waals surface area contributed by atoms with Gasteiger partial charge in [-0.2, -0.15) is 0 Å². The fourth-order valence-corrected chi connectivity index (χ4v) is 4.17. The molecule has 0 spiro atoms. The zero-order valence-electron chi connectivity index (χ0n) is 11.3. The number of carbonyl (C=O) groups excluding carboxylic acids is 1. The van der Waals surface area contributed by atoms with Crippen molar-refractivity contribution in [1.82, 2.24) is 15.3 Å². The van der Waals surface area contributed by atoms with Gasteiger partial charge in [0.2, 0.25) is 5.91 Å². The molecule has 0 radical (unpaired) electrons. The second-order valence-corrected chi connectivity index (χ2v) is 6.43. The van der Waals surface area contributed by atoms with Gasteiger partial charge < -0.3 is 10.2 Å².